The second-order valence-electron chi connectivity index (χ2n) is 6.86. The van der Waals surface area contributed by atoms with E-state index in [0.29, 0.717) is 31.5 Å². The summed E-state index contributed by atoms with van der Waals surface area (Å²) in [6.07, 6.45) is 1.05. The predicted octanol–water partition coefficient (Wildman–Crippen LogP) is 3.34. The van der Waals surface area contributed by atoms with E-state index in [2.05, 4.69) is 23.6 Å². The van der Waals surface area contributed by atoms with Gasteiger partial charge in [0.05, 0.1) is 11.5 Å². The molecule has 1 aromatic carbocycles. The smallest absolute Gasteiger partial charge is 0.306 e. The van der Waals surface area contributed by atoms with Crippen LogP contribution in [0.4, 0.5) is 0 Å². The zero-order valence-corrected chi connectivity index (χ0v) is 15.0. The minimum absolute atomic E-state index is 0.00385. The Labute approximate surface area is 147 Å². The third-order valence-electron chi connectivity index (χ3n) is 5.05. The van der Waals surface area contributed by atoms with Crippen LogP contribution in [0, 0.1) is 26.7 Å². The summed E-state index contributed by atoms with van der Waals surface area (Å²) in [5.41, 5.74) is 4.88. The van der Waals surface area contributed by atoms with Crippen molar-refractivity contribution in [1.29, 1.82) is 0 Å². The van der Waals surface area contributed by atoms with E-state index in [4.69, 9.17) is 5.11 Å². The van der Waals surface area contributed by atoms with Gasteiger partial charge in [0.25, 0.3) is 5.91 Å². The number of hydrogen-bond donors (Lipinski definition) is 1. The lowest BCUT2D eigenvalue weighted by atomic mass is 9.96. The number of aryl methyl sites for hydroxylation is 2. The number of amides is 1. The van der Waals surface area contributed by atoms with E-state index < -0.39 is 5.97 Å². The van der Waals surface area contributed by atoms with Gasteiger partial charge in [-0.15, -0.1) is 0 Å². The Morgan fingerprint density at radius 2 is 1.76 bits per heavy atom. The van der Waals surface area contributed by atoms with Gasteiger partial charge in [0, 0.05) is 30.2 Å². The first-order chi connectivity index (χ1) is 11.9. The zero-order valence-electron chi connectivity index (χ0n) is 15.0. The monoisotopic (exact) mass is 340 g/mol. The second-order valence-corrected chi connectivity index (χ2v) is 6.86. The Morgan fingerprint density at radius 1 is 1.08 bits per heavy atom. The number of benzene rings is 1. The van der Waals surface area contributed by atoms with Crippen molar-refractivity contribution in [3.8, 4) is 5.69 Å². The third kappa shape index (κ3) is 3.31. The molecule has 2 heterocycles. The SMILES string of the molecule is Cc1cccc(-n2c(C)cc(C(=O)N3CCC(C(=O)O)CC3)c2C)c1. The van der Waals surface area contributed by atoms with E-state index in [1.54, 1.807) is 4.90 Å². The molecule has 1 N–H and O–H groups in total. The van der Waals surface area contributed by atoms with Crippen LogP contribution in [0.15, 0.2) is 30.3 Å². The topological polar surface area (TPSA) is 62.5 Å². The van der Waals surface area contributed by atoms with Gasteiger partial charge < -0.3 is 14.6 Å². The summed E-state index contributed by atoms with van der Waals surface area (Å²) >= 11 is 0. The molecule has 5 nitrogen and oxygen atoms in total. The van der Waals surface area contributed by atoms with Crippen molar-refractivity contribution >= 4 is 11.9 Å². The number of carbonyl (C=O) groups is 2. The van der Waals surface area contributed by atoms with Gasteiger partial charge >= 0.3 is 5.97 Å². The largest absolute Gasteiger partial charge is 0.481 e. The Balaban J connectivity index is 1.85. The highest BCUT2D eigenvalue weighted by atomic mass is 16.4. The number of likely N-dealkylation sites (tertiary alicyclic amines) is 1. The Kier molecular flexibility index (Phi) is 4.66. The summed E-state index contributed by atoms with van der Waals surface area (Å²) in [6.45, 7) is 7.03. The molecule has 1 aliphatic rings. The molecule has 0 saturated carbocycles. The van der Waals surface area contributed by atoms with Crippen molar-refractivity contribution in [2.45, 2.75) is 33.6 Å². The fourth-order valence-electron chi connectivity index (χ4n) is 3.64. The van der Waals surface area contributed by atoms with Gasteiger partial charge in [-0.2, -0.15) is 0 Å². The standard InChI is InChI=1S/C20H24N2O3/c1-13-5-4-6-17(11-13)22-14(2)12-18(15(22)3)19(23)21-9-7-16(8-10-21)20(24)25/h4-6,11-12,16H,7-10H2,1-3H3,(H,24,25). The number of piperidine rings is 1. The molecule has 5 heteroatoms. The molecule has 1 amide bonds. The number of carboxylic acid groups (broad SMARTS) is 1. The number of aromatic nitrogens is 1. The molecule has 1 aromatic heterocycles. The number of hydrogen-bond acceptors (Lipinski definition) is 2. The number of carbonyl (C=O) groups excluding carboxylic acids is 1. The predicted molar refractivity (Wildman–Crippen MR) is 96.2 cm³/mol. The van der Waals surface area contributed by atoms with E-state index in [0.717, 1.165) is 17.1 Å². The van der Waals surface area contributed by atoms with E-state index >= 15 is 0 Å². The van der Waals surface area contributed by atoms with Crippen LogP contribution in [0.2, 0.25) is 0 Å². The van der Waals surface area contributed by atoms with Crippen LogP contribution < -0.4 is 0 Å². The first kappa shape index (κ1) is 17.3. The van der Waals surface area contributed by atoms with Crippen LogP contribution in [0.1, 0.15) is 40.2 Å². The van der Waals surface area contributed by atoms with Crippen LogP contribution >= 0.6 is 0 Å². The van der Waals surface area contributed by atoms with Crippen LogP contribution in [-0.4, -0.2) is 39.5 Å². The van der Waals surface area contributed by atoms with Gasteiger partial charge in [0.15, 0.2) is 0 Å². The van der Waals surface area contributed by atoms with Crippen LogP contribution in [0.25, 0.3) is 5.69 Å². The number of nitrogens with zero attached hydrogens (tertiary/aromatic N) is 2. The molecule has 0 unspecified atom stereocenters. The molecule has 1 fully saturated rings. The summed E-state index contributed by atoms with van der Waals surface area (Å²) in [4.78, 5) is 25.8. The molecular formula is C20H24N2O3. The number of aliphatic carboxylic acids is 1. The van der Waals surface area contributed by atoms with Gasteiger partial charge in [-0.1, -0.05) is 12.1 Å². The molecule has 0 radical (unpaired) electrons. The van der Waals surface area contributed by atoms with Gasteiger partial charge in [-0.25, -0.2) is 0 Å². The van der Waals surface area contributed by atoms with Gasteiger partial charge in [0.2, 0.25) is 0 Å². The molecule has 0 aliphatic carbocycles. The lowest BCUT2D eigenvalue weighted by Gasteiger charge is -2.30. The lowest BCUT2D eigenvalue weighted by molar-refractivity contribution is -0.143. The van der Waals surface area contributed by atoms with Gasteiger partial charge in [-0.3, -0.25) is 9.59 Å². The normalized spacial score (nSPS) is 15.4. The molecule has 1 aliphatic heterocycles. The summed E-state index contributed by atoms with van der Waals surface area (Å²) in [6, 6.07) is 10.1. The molecule has 132 valence electrons. The molecule has 1 saturated heterocycles. The maximum atomic E-state index is 12.9. The van der Waals surface area contributed by atoms with E-state index in [1.807, 2.05) is 32.0 Å². The fraction of sp³-hybridized carbons (Fsp3) is 0.400. The highest BCUT2D eigenvalue weighted by Crippen LogP contribution is 2.25. The minimum Gasteiger partial charge on any atom is -0.481 e. The van der Waals surface area contributed by atoms with Crippen LogP contribution in [0.3, 0.4) is 0 Å². The number of rotatable bonds is 3. The molecule has 0 spiro atoms. The number of carboxylic acids is 1. The van der Waals surface area contributed by atoms with Crippen LogP contribution in [-0.2, 0) is 4.79 Å². The van der Waals surface area contributed by atoms with Crippen molar-refractivity contribution in [1.82, 2.24) is 9.47 Å². The van der Waals surface area contributed by atoms with E-state index in [9.17, 15) is 9.59 Å². The minimum atomic E-state index is -0.760. The second kappa shape index (κ2) is 6.75. The zero-order chi connectivity index (χ0) is 18.1. The molecule has 3 rings (SSSR count). The highest BCUT2D eigenvalue weighted by molar-refractivity contribution is 5.96. The highest BCUT2D eigenvalue weighted by Gasteiger charge is 2.29. The maximum absolute atomic E-state index is 12.9. The summed E-state index contributed by atoms with van der Waals surface area (Å²) in [5, 5.41) is 9.11. The van der Waals surface area contributed by atoms with Gasteiger partial charge in [0.1, 0.15) is 0 Å². The molecule has 0 bridgehead atoms. The maximum Gasteiger partial charge on any atom is 0.306 e. The first-order valence-corrected chi connectivity index (χ1v) is 8.66. The van der Waals surface area contributed by atoms with Crippen molar-refractivity contribution in [2.24, 2.45) is 5.92 Å². The summed E-state index contributed by atoms with van der Waals surface area (Å²) in [7, 11) is 0. The Hall–Kier alpha value is -2.56. The summed E-state index contributed by atoms with van der Waals surface area (Å²) < 4.78 is 2.10. The molecule has 2 aromatic rings. The molecule has 25 heavy (non-hydrogen) atoms. The third-order valence-corrected chi connectivity index (χ3v) is 5.05. The quantitative estimate of drug-likeness (QED) is 0.932. The first-order valence-electron chi connectivity index (χ1n) is 8.66. The summed E-state index contributed by atoms with van der Waals surface area (Å²) in [5.74, 6) is -1.09. The van der Waals surface area contributed by atoms with Gasteiger partial charge in [-0.05, 0) is 57.4 Å². The van der Waals surface area contributed by atoms with Crippen molar-refractivity contribution in [2.75, 3.05) is 13.1 Å². The average Bonchev–Trinajstić information content (AvgIpc) is 2.88. The molecule has 0 atom stereocenters. The van der Waals surface area contributed by atoms with E-state index in [-0.39, 0.29) is 11.8 Å². The Morgan fingerprint density at radius 3 is 2.36 bits per heavy atom. The van der Waals surface area contributed by atoms with Crippen LogP contribution in [0.5, 0.6) is 0 Å². The van der Waals surface area contributed by atoms with E-state index in [1.165, 1.54) is 5.56 Å². The van der Waals surface area contributed by atoms with Crippen molar-refractivity contribution in [3.05, 3.63) is 52.8 Å². The fourth-order valence-corrected chi connectivity index (χ4v) is 3.64. The Bertz CT molecular complexity index is 814. The lowest BCUT2D eigenvalue weighted by Crippen LogP contribution is -2.40. The van der Waals surface area contributed by atoms with Crippen molar-refractivity contribution < 1.29 is 14.7 Å². The average molecular weight is 340 g/mol. The molecular weight excluding hydrogens is 316 g/mol. The van der Waals surface area contributed by atoms with Crippen molar-refractivity contribution in [3.63, 3.8) is 0 Å².